The molecule has 1 atom stereocenters. The first kappa shape index (κ1) is 17.8. The molecule has 5 heteroatoms. The summed E-state index contributed by atoms with van der Waals surface area (Å²) in [5, 5.41) is 9.49. The molecule has 2 aliphatic heterocycles. The van der Waals surface area contributed by atoms with E-state index in [4.69, 9.17) is 0 Å². The molecule has 1 aromatic rings. The molecule has 3 rings (SSSR count). The molecule has 4 nitrogen and oxygen atoms in total. The zero-order valence-electron chi connectivity index (χ0n) is 14.7. The van der Waals surface area contributed by atoms with Gasteiger partial charge in [-0.2, -0.15) is 0 Å². The molecule has 2 heterocycles. The second kappa shape index (κ2) is 8.39. The first-order valence-corrected chi connectivity index (χ1v) is 9.17. The lowest BCUT2D eigenvalue weighted by Gasteiger charge is -2.47. The standard InChI is InChI=1S/C19H30FN3O/c1-21-8-5-18(6-9-21)23-11-10-22(15-19(23)7-12-24)14-16-3-2-4-17(20)13-16/h2-4,13,18-19,24H,5-12,14-15H2,1H3. The highest BCUT2D eigenvalue weighted by molar-refractivity contribution is 5.16. The molecular formula is C19H30FN3O. The fourth-order valence-corrected chi connectivity index (χ4v) is 4.18. The second-order valence-electron chi connectivity index (χ2n) is 7.30. The van der Waals surface area contributed by atoms with Crippen molar-refractivity contribution in [2.45, 2.75) is 37.9 Å². The average Bonchev–Trinajstić information content (AvgIpc) is 2.57. The van der Waals surface area contributed by atoms with Crippen LogP contribution in [0.4, 0.5) is 4.39 Å². The van der Waals surface area contributed by atoms with E-state index in [-0.39, 0.29) is 12.4 Å². The summed E-state index contributed by atoms with van der Waals surface area (Å²) in [5.74, 6) is -0.163. The predicted molar refractivity (Wildman–Crippen MR) is 94.4 cm³/mol. The summed E-state index contributed by atoms with van der Waals surface area (Å²) < 4.78 is 13.4. The highest BCUT2D eigenvalue weighted by Gasteiger charge is 2.32. The molecule has 2 saturated heterocycles. The van der Waals surface area contributed by atoms with Gasteiger partial charge in [0.2, 0.25) is 0 Å². The predicted octanol–water partition coefficient (Wildman–Crippen LogP) is 1.79. The van der Waals surface area contributed by atoms with Gasteiger partial charge >= 0.3 is 0 Å². The maximum absolute atomic E-state index is 13.4. The zero-order valence-corrected chi connectivity index (χ0v) is 14.7. The third kappa shape index (κ3) is 4.54. The molecule has 1 N–H and O–H groups in total. The Labute approximate surface area is 144 Å². The van der Waals surface area contributed by atoms with Crippen LogP contribution < -0.4 is 0 Å². The molecule has 0 radical (unpaired) electrons. The maximum atomic E-state index is 13.4. The molecule has 134 valence electrons. The van der Waals surface area contributed by atoms with Crippen LogP contribution in [-0.4, -0.2) is 78.3 Å². The van der Waals surface area contributed by atoms with E-state index in [1.165, 1.54) is 32.0 Å². The molecule has 1 aromatic carbocycles. The summed E-state index contributed by atoms with van der Waals surface area (Å²) >= 11 is 0. The van der Waals surface area contributed by atoms with Crippen molar-refractivity contribution in [3.05, 3.63) is 35.6 Å². The second-order valence-corrected chi connectivity index (χ2v) is 7.30. The van der Waals surface area contributed by atoms with E-state index >= 15 is 0 Å². The van der Waals surface area contributed by atoms with Gasteiger partial charge < -0.3 is 10.0 Å². The largest absolute Gasteiger partial charge is 0.396 e. The normalized spacial score (nSPS) is 25.2. The van der Waals surface area contributed by atoms with E-state index in [9.17, 15) is 9.50 Å². The Morgan fingerprint density at radius 3 is 2.67 bits per heavy atom. The number of hydrogen-bond acceptors (Lipinski definition) is 4. The van der Waals surface area contributed by atoms with E-state index in [0.29, 0.717) is 12.1 Å². The number of hydrogen-bond donors (Lipinski definition) is 1. The van der Waals surface area contributed by atoms with Crippen LogP contribution in [0.3, 0.4) is 0 Å². The molecule has 0 saturated carbocycles. The van der Waals surface area contributed by atoms with Crippen LogP contribution in [0.2, 0.25) is 0 Å². The van der Waals surface area contributed by atoms with Crippen molar-refractivity contribution in [1.29, 1.82) is 0 Å². The van der Waals surface area contributed by atoms with E-state index in [1.54, 1.807) is 12.1 Å². The number of likely N-dealkylation sites (tertiary alicyclic amines) is 1. The molecule has 2 aliphatic rings. The summed E-state index contributed by atoms with van der Waals surface area (Å²) in [5.41, 5.74) is 1.03. The molecule has 24 heavy (non-hydrogen) atoms. The van der Waals surface area contributed by atoms with Crippen LogP contribution in [0.15, 0.2) is 24.3 Å². The molecule has 1 unspecified atom stereocenters. The van der Waals surface area contributed by atoms with Gasteiger partial charge in [-0.3, -0.25) is 9.80 Å². The summed E-state index contributed by atoms with van der Waals surface area (Å²) in [6.45, 7) is 6.39. The Hall–Kier alpha value is -1.01. The van der Waals surface area contributed by atoms with Gasteiger partial charge in [0.25, 0.3) is 0 Å². The summed E-state index contributed by atoms with van der Waals surface area (Å²) in [6.07, 6.45) is 3.27. The van der Waals surface area contributed by atoms with E-state index in [1.807, 2.05) is 6.07 Å². The van der Waals surface area contributed by atoms with Gasteiger partial charge in [0.1, 0.15) is 5.82 Å². The highest BCUT2D eigenvalue weighted by atomic mass is 19.1. The first-order valence-electron chi connectivity index (χ1n) is 9.17. The monoisotopic (exact) mass is 335 g/mol. The highest BCUT2D eigenvalue weighted by Crippen LogP contribution is 2.23. The number of aliphatic hydroxyl groups excluding tert-OH is 1. The molecule has 2 fully saturated rings. The van der Waals surface area contributed by atoms with Gasteiger partial charge in [-0.15, -0.1) is 0 Å². The van der Waals surface area contributed by atoms with Crippen LogP contribution in [0.5, 0.6) is 0 Å². The van der Waals surface area contributed by atoms with E-state index in [2.05, 4.69) is 21.7 Å². The van der Waals surface area contributed by atoms with Gasteiger partial charge in [0.15, 0.2) is 0 Å². The number of piperazine rings is 1. The van der Waals surface area contributed by atoms with Crippen molar-refractivity contribution in [3.8, 4) is 0 Å². The number of nitrogens with zero attached hydrogens (tertiary/aromatic N) is 3. The number of benzene rings is 1. The lowest BCUT2D eigenvalue weighted by molar-refractivity contribution is 0.00598. The van der Waals surface area contributed by atoms with Gasteiger partial charge in [0, 0.05) is 44.9 Å². The van der Waals surface area contributed by atoms with Gasteiger partial charge in [-0.25, -0.2) is 4.39 Å². The lowest BCUT2D eigenvalue weighted by Crippen LogP contribution is -2.58. The summed E-state index contributed by atoms with van der Waals surface area (Å²) in [6, 6.07) is 7.96. The zero-order chi connectivity index (χ0) is 16.9. The quantitative estimate of drug-likeness (QED) is 0.889. The van der Waals surface area contributed by atoms with Crippen molar-refractivity contribution in [2.24, 2.45) is 0 Å². The third-order valence-corrected chi connectivity index (χ3v) is 5.53. The molecule has 0 amide bonds. The minimum absolute atomic E-state index is 0.163. The molecule has 0 bridgehead atoms. The number of rotatable bonds is 5. The SMILES string of the molecule is CN1CCC(N2CCN(Cc3cccc(F)c3)CC2CCO)CC1. The van der Waals surface area contributed by atoms with Gasteiger partial charge in [0.05, 0.1) is 0 Å². The molecule has 0 aromatic heterocycles. The van der Waals surface area contributed by atoms with Crippen molar-refractivity contribution in [1.82, 2.24) is 14.7 Å². The summed E-state index contributed by atoms with van der Waals surface area (Å²) in [7, 11) is 2.19. The first-order chi connectivity index (χ1) is 11.7. The topological polar surface area (TPSA) is 30.0 Å². The number of halogens is 1. The Morgan fingerprint density at radius 2 is 1.96 bits per heavy atom. The van der Waals surface area contributed by atoms with Crippen LogP contribution in [-0.2, 0) is 6.54 Å². The number of aliphatic hydroxyl groups is 1. The molecule has 0 aliphatic carbocycles. The Morgan fingerprint density at radius 1 is 1.17 bits per heavy atom. The molecule has 0 spiro atoms. The average molecular weight is 335 g/mol. The van der Waals surface area contributed by atoms with Crippen molar-refractivity contribution >= 4 is 0 Å². The van der Waals surface area contributed by atoms with Gasteiger partial charge in [-0.1, -0.05) is 12.1 Å². The number of piperidine rings is 1. The Kier molecular flexibility index (Phi) is 6.22. The van der Waals surface area contributed by atoms with Crippen LogP contribution in [0.1, 0.15) is 24.8 Å². The minimum atomic E-state index is -0.163. The van der Waals surface area contributed by atoms with Crippen LogP contribution in [0.25, 0.3) is 0 Å². The van der Waals surface area contributed by atoms with Crippen molar-refractivity contribution in [2.75, 3.05) is 46.4 Å². The fraction of sp³-hybridized carbons (Fsp3) is 0.684. The van der Waals surface area contributed by atoms with Crippen LogP contribution >= 0.6 is 0 Å². The third-order valence-electron chi connectivity index (χ3n) is 5.53. The Bertz CT molecular complexity index is 519. The smallest absolute Gasteiger partial charge is 0.123 e. The van der Waals surface area contributed by atoms with E-state index in [0.717, 1.165) is 38.2 Å². The van der Waals surface area contributed by atoms with Crippen molar-refractivity contribution < 1.29 is 9.50 Å². The summed E-state index contributed by atoms with van der Waals surface area (Å²) in [4.78, 5) is 7.43. The van der Waals surface area contributed by atoms with Crippen LogP contribution in [0, 0.1) is 5.82 Å². The molecular weight excluding hydrogens is 305 g/mol. The van der Waals surface area contributed by atoms with Gasteiger partial charge in [-0.05, 0) is 57.1 Å². The Balaban J connectivity index is 1.60. The van der Waals surface area contributed by atoms with Crippen molar-refractivity contribution in [3.63, 3.8) is 0 Å². The maximum Gasteiger partial charge on any atom is 0.123 e. The van der Waals surface area contributed by atoms with E-state index < -0.39 is 0 Å². The minimum Gasteiger partial charge on any atom is -0.396 e. The fourth-order valence-electron chi connectivity index (χ4n) is 4.18. The lowest BCUT2D eigenvalue weighted by atomic mass is 9.98.